The number of hydrogen-bond acceptors (Lipinski definition) is 4. The summed E-state index contributed by atoms with van der Waals surface area (Å²) in [5.74, 6) is -0.174. The van der Waals surface area contributed by atoms with Crippen LogP contribution in [0.1, 0.15) is 13.8 Å². The van der Waals surface area contributed by atoms with E-state index < -0.39 is 35.4 Å². The third-order valence-electron chi connectivity index (χ3n) is 1.57. The van der Waals surface area contributed by atoms with Gasteiger partial charge in [0.15, 0.2) is 0 Å². The quantitative estimate of drug-likeness (QED) is 0.716. The highest BCUT2D eigenvalue weighted by molar-refractivity contribution is 7.87. The fourth-order valence-electron chi connectivity index (χ4n) is 0.966. The number of nitrogens with zero attached hydrogens (tertiary/aromatic N) is 1. The van der Waals surface area contributed by atoms with E-state index in [1.807, 2.05) is 0 Å². The second-order valence-electron chi connectivity index (χ2n) is 3.50. The van der Waals surface area contributed by atoms with E-state index in [0.29, 0.717) is 4.31 Å². The van der Waals surface area contributed by atoms with Crippen molar-refractivity contribution in [3.05, 3.63) is 0 Å². The Morgan fingerprint density at radius 1 is 1.44 bits per heavy atom. The van der Waals surface area contributed by atoms with Gasteiger partial charge in [0.2, 0.25) is 0 Å². The number of alkyl halides is 3. The first-order valence-corrected chi connectivity index (χ1v) is 6.99. The van der Waals surface area contributed by atoms with Gasteiger partial charge in [-0.15, -0.1) is 11.6 Å². The van der Waals surface area contributed by atoms with Crippen LogP contribution in [0.25, 0.3) is 0 Å². The zero-order valence-corrected chi connectivity index (χ0v) is 11.5. The SMILES string of the molecule is CC(C)OC(=O)NS(=O)(=O)N(CCCl)CC(F)F. The maximum atomic E-state index is 12.2. The van der Waals surface area contributed by atoms with Gasteiger partial charge in [-0.1, -0.05) is 0 Å². The number of nitrogens with one attached hydrogen (secondary N) is 1. The van der Waals surface area contributed by atoms with Crippen molar-refractivity contribution in [1.29, 1.82) is 0 Å². The Bertz CT molecular complexity index is 364. The number of carbonyl (C=O) groups is 1. The number of halogens is 3. The fourth-order valence-corrected chi connectivity index (χ4v) is 2.30. The fraction of sp³-hybridized carbons (Fsp3) is 0.875. The summed E-state index contributed by atoms with van der Waals surface area (Å²) in [5.41, 5.74) is 0. The highest BCUT2D eigenvalue weighted by Crippen LogP contribution is 2.05. The lowest BCUT2D eigenvalue weighted by molar-refractivity contribution is 0.114. The van der Waals surface area contributed by atoms with Gasteiger partial charge in [0, 0.05) is 12.4 Å². The Morgan fingerprint density at radius 2 is 2.00 bits per heavy atom. The summed E-state index contributed by atoms with van der Waals surface area (Å²) in [6, 6.07) is 0. The number of carbonyl (C=O) groups excluding carboxylic acids is 1. The van der Waals surface area contributed by atoms with E-state index in [-0.39, 0.29) is 12.4 Å². The zero-order chi connectivity index (χ0) is 14.3. The van der Waals surface area contributed by atoms with Gasteiger partial charge < -0.3 is 4.74 Å². The molecule has 0 aliphatic heterocycles. The van der Waals surface area contributed by atoms with Crippen molar-refractivity contribution in [3.8, 4) is 0 Å². The molecule has 10 heteroatoms. The van der Waals surface area contributed by atoms with E-state index in [9.17, 15) is 22.0 Å². The van der Waals surface area contributed by atoms with Crippen LogP contribution in [0, 0.1) is 0 Å². The largest absolute Gasteiger partial charge is 0.446 e. The third-order valence-corrected chi connectivity index (χ3v) is 3.18. The minimum absolute atomic E-state index is 0.174. The molecule has 0 heterocycles. The molecule has 0 saturated carbocycles. The summed E-state index contributed by atoms with van der Waals surface area (Å²) in [4.78, 5) is 11.1. The molecule has 1 amide bonds. The van der Waals surface area contributed by atoms with Crippen molar-refractivity contribution in [1.82, 2.24) is 9.03 Å². The predicted octanol–water partition coefficient (Wildman–Crippen LogP) is 1.17. The smallest absolute Gasteiger partial charge is 0.422 e. The van der Waals surface area contributed by atoms with Crippen LogP contribution >= 0.6 is 11.6 Å². The number of ether oxygens (including phenoxy) is 1. The van der Waals surface area contributed by atoms with Crippen LogP contribution in [-0.2, 0) is 14.9 Å². The zero-order valence-electron chi connectivity index (χ0n) is 9.90. The van der Waals surface area contributed by atoms with Gasteiger partial charge >= 0.3 is 16.3 Å². The molecule has 0 fully saturated rings. The normalized spacial score (nSPS) is 12.2. The summed E-state index contributed by atoms with van der Waals surface area (Å²) in [7, 11) is -4.38. The van der Waals surface area contributed by atoms with Crippen LogP contribution in [0.4, 0.5) is 13.6 Å². The van der Waals surface area contributed by atoms with Crippen LogP contribution in [-0.4, -0.2) is 50.3 Å². The van der Waals surface area contributed by atoms with E-state index in [1.165, 1.54) is 18.6 Å². The summed E-state index contributed by atoms with van der Waals surface area (Å²) in [6.45, 7) is 1.65. The Morgan fingerprint density at radius 3 is 2.39 bits per heavy atom. The molecule has 18 heavy (non-hydrogen) atoms. The average Bonchev–Trinajstić information content (AvgIpc) is 2.13. The van der Waals surface area contributed by atoms with E-state index in [4.69, 9.17) is 11.6 Å². The van der Waals surface area contributed by atoms with Gasteiger partial charge in [-0.2, -0.15) is 12.7 Å². The maximum Gasteiger partial charge on any atom is 0.422 e. The molecular formula is C8H15ClF2N2O4S. The molecule has 0 rings (SSSR count). The molecular weight excluding hydrogens is 294 g/mol. The molecule has 0 aromatic carbocycles. The topological polar surface area (TPSA) is 75.7 Å². The first kappa shape index (κ1) is 17.3. The Kier molecular flexibility index (Phi) is 7.41. The molecule has 0 aliphatic rings. The summed E-state index contributed by atoms with van der Waals surface area (Å²) in [5, 5.41) is 0. The van der Waals surface area contributed by atoms with Gasteiger partial charge in [-0.05, 0) is 13.8 Å². The first-order valence-electron chi connectivity index (χ1n) is 5.01. The van der Waals surface area contributed by atoms with Crippen molar-refractivity contribution in [2.75, 3.05) is 19.0 Å². The van der Waals surface area contributed by atoms with Crippen molar-refractivity contribution in [3.63, 3.8) is 0 Å². The van der Waals surface area contributed by atoms with Crippen LogP contribution in [0.2, 0.25) is 0 Å². The molecule has 0 atom stereocenters. The summed E-state index contributed by atoms with van der Waals surface area (Å²) >= 11 is 5.31. The van der Waals surface area contributed by atoms with Crippen LogP contribution < -0.4 is 4.72 Å². The molecule has 6 nitrogen and oxygen atoms in total. The molecule has 108 valence electrons. The molecule has 0 unspecified atom stereocenters. The van der Waals surface area contributed by atoms with Gasteiger partial charge in [0.05, 0.1) is 12.6 Å². The Balaban J connectivity index is 4.68. The molecule has 0 aliphatic carbocycles. The number of hydrogen-bond donors (Lipinski definition) is 1. The minimum atomic E-state index is -4.38. The second kappa shape index (κ2) is 7.70. The van der Waals surface area contributed by atoms with Crippen LogP contribution in [0.3, 0.4) is 0 Å². The van der Waals surface area contributed by atoms with Gasteiger partial charge in [-0.3, -0.25) is 0 Å². The molecule has 0 spiro atoms. The van der Waals surface area contributed by atoms with Crippen molar-refractivity contribution in [2.45, 2.75) is 26.4 Å². The lowest BCUT2D eigenvalue weighted by Crippen LogP contribution is -2.46. The van der Waals surface area contributed by atoms with Gasteiger partial charge in [0.1, 0.15) is 0 Å². The Hall–Kier alpha value is -0.670. The second-order valence-corrected chi connectivity index (χ2v) is 5.55. The van der Waals surface area contributed by atoms with Crippen molar-refractivity contribution >= 4 is 27.9 Å². The lowest BCUT2D eigenvalue weighted by Gasteiger charge is -2.21. The first-order chi connectivity index (χ1) is 8.19. The number of rotatable bonds is 7. The maximum absolute atomic E-state index is 12.2. The highest BCUT2D eigenvalue weighted by Gasteiger charge is 2.27. The summed E-state index contributed by atoms with van der Waals surface area (Å²) in [6.07, 6.45) is -4.62. The Labute approximate surface area is 109 Å². The van der Waals surface area contributed by atoms with E-state index in [0.717, 1.165) is 0 Å². The highest BCUT2D eigenvalue weighted by atomic mass is 35.5. The lowest BCUT2D eigenvalue weighted by atomic mass is 10.5. The predicted molar refractivity (Wildman–Crippen MR) is 62.0 cm³/mol. The summed E-state index contributed by atoms with van der Waals surface area (Å²) < 4.78 is 54.0. The monoisotopic (exact) mass is 308 g/mol. The van der Waals surface area contributed by atoms with Gasteiger partial charge in [-0.25, -0.2) is 18.3 Å². The standard InChI is InChI=1S/C8H15ClF2N2O4S/c1-6(2)17-8(14)12-18(15,16)13(4-3-9)5-7(10)11/h6-7H,3-5H2,1-2H3,(H,12,14). The molecule has 0 bridgehead atoms. The van der Waals surface area contributed by atoms with E-state index >= 15 is 0 Å². The molecule has 1 N–H and O–H groups in total. The van der Waals surface area contributed by atoms with Crippen molar-refractivity contribution in [2.24, 2.45) is 0 Å². The van der Waals surface area contributed by atoms with Crippen molar-refractivity contribution < 1.29 is 26.7 Å². The van der Waals surface area contributed by atoms with Crippen LogP contribution in [0.5, 0.6) is 0 Å². The minimum Gasteiger partial charge on any atom is -0.446 e. The molecule has 0 saturated heterocycles. The average molecular weight is 309 g/mol. The molecule has 0 radical (unpaired) electrons. The number of amides is 1. The van der Waals surface area contributed by atoms with Gasteiger partial charge in [0.25, 0.3) is 6.43 Å². The molecule has 0 aromatic rings. The molecule has 0 aromatic heterocycles. The third kappa shape index (κ3) is 6.92. The van der Waals surface area contributed by atoms with Crippen LogP contribution in [0.15, 0.2) is 0 Å². The van der Waals surface area contributed by atoms with E-state index in [1.54, 1.807) is 0 Å². The van der Waals surface area contributed by atoms with E-state index in [2.05, 4.69) is 4.74 Å².